The molecule has 0 bridgehead atoms. The molecule has 5 nitrogen and oxygen atoms in total. The number of aliphatic hydroxyl groups excluding tert-OH is 1. The number of hydrogen-bond acceptors (Lipinski definition) is 4. The lowest BCUT2D eigenvalue weighted by atomic mass is 10.00. The van der Waals surface area contributed by atoms with Crippen LogP contribution >= 0.6 is 0 Å². The third-order valence-electron chi connectivity index (χ3n) is 3.55. The van der Waals surface area contributed by atoms with Crippen LogP contribution in [0.2, 0.25) is 0 Å². The Morgan fingerprint density at radius 2 is 1.65 bits per heavy atom. The van der Waals surface area contributed by atoms with Gasteiger partial charge in [-0.05, 0) is 17.7 Å². The fourth-order valence-electron chi connectivity index (χ4n) is 2.42. The number of hydrogen-bond donors (Lipinski definition) is 2. The molecule has 5 heteroatoms. The molecule has 3 rings (SSSR count). The van der Waals surface area contributed by atoms with Gasteiger partial charge in [0.1, 0.15) is 11.9 Å². The fourth-order valence-corrected chi connectivity index (χ4v) is 2.42. The Morgan fingerprint density at radius 3 is 2.26 bits per heavy atom. The second-order valence-corrected chi connectivity index (χ2v) is 5.15. The normalized spacial score (nSPS) is 17.6. The van der Waals surface area contributed by atoms with E-state index >= 15 is 0 Å². The Kier molecular flexibility index (Phi) is 4.10. The molecule has 1 amide bonds. The van der Waals surface area contributed by atoms with Crippen molar-refractivity contribution in [1.29, 1.82) is 0 Å². The molecule has 1 aliphatic rings. The van der Waals surface area contributed by atoms with E-state index in [4.69, 9.17) is 4.74 Å². The van der Waals surface area contributed by atoms with Crippen molar-refractivity contribution in [3.05, 3.63) is 77.6 Å². The maximum absolute atomic E-state index is 12.2. The lowest BCUT2D eigenvalue weighted by Gasteiger charge is -2.24. The molecule has 1 aliphatic heterocycles. The van der Waals surface area contributed by atoms with Crippen LogP contribution in [0.4, 0.5) is 5.69 Å². The van der Waals surface area contributed by atoms with Crippen molar-refractivity contribution < 1.29 is 19.4 Å². The van der Waals surface area contributed by atoms with Gasteiger partial charge in [-0.15, -0.1) is 0 Å². The van der Waals surface area contributed by atoms with E-state index in [9.17, 15) is 14.7 Å². The molecule has 0 saturated heterocycles. The van der Waals surface area contributed by atoms with Crippen LogP contribution in [-0.2, 0) is 14.3 Å². The highest BCUT2D eigenvalue weighted by Gasteiger charge is 2.34. The Morgan fingerprint density at radius 1 is 1.04 bits per heavy atom. The number of nitrogens with one attached hydrogen (secondary N) is 1. The van der Waals surface area contributed by atoms with Gasteiger partial charge in [0.25, 0.3) is 5.91 Å². The summed E-state index contributed by atoms with van der Waals surface area (Å²) >= 11 is 0. The van der Waals surface area contributed by atoms with Gasteiger partial charge >= 0.3 is 5.97 Å². The number of cyclic esters (lactones) is 1. The van der Waals surface area contributed by atoms with E-state index in [0.717, 1.165) is 5.56 Å². The number of amides is 1. The molecule has 2 N–H and O–H groups in total. The third kappa shape index (κ3) is 3.23. The van der Waals surface area contributed by atoms with Crippen molar-refractivity contribution >= 4 is 17.6 Å². The van der Waals surface area contributed by atoms with E-state index in [1.54, 1.807) is 36.4 Å². The van der Waals surface area contributed by atoms with Gasteiger partial charge in [0.05, 0.1) is 0 Å². The van der Waals surface area contributed by atoms with Gasteiger partial charge < -0.3 is 15.2 Å². The van der Waals surface area contributed by atoms with Crippen molar-refractivity contribution in [2.24, 2.45) is 0 Å². The van der Waals surface area contributed by atoms with Crippen LogP contribution in [-0.4, -0.2) is 17.0 Å². The average Bonchev–Trinajstić information content (AvgIpc) is 2.56. The molecular weight excluding hydrogens is 294 g/mol. The van der Waals surface area contributed by atoms with Crippen molar-refractivity contribution in [3.63, 3.8) is 0 Å². The van der Waals surface area contributed by atoms with Crippen LogP contribution in [0, 0.1) is 0 Å². The first-order valence-corrected chi connectivity index (χ1v) is 7.19. The minimum absolute atomic E-state index is 0.0767. The lowest BCUT2D eigenvalue weighted by Crippen LogP contribution is -2.29. The maximum atomic E-state index is 12.2. The van der Waals surface area contributed by atoms with E-state index in [2.05, 4.69) is 5.32 Å². The zero-order chi connectivity index (χ0) is 16.2. The van der Waals surface area contributed by atoms with E-state index in [0.29, 0.717) is 5.69 Å². The van der Waals surface area contributed by atoms with Crippen molar-refractivity contribution in [2.75, 3.05) is 5.32 Å². The molecule has 23 heavy (non-hydrogen) atoms. The molecule has 1 atom stereocenters. The number of carbonyl (C=O) groups is 2. The molecule has 0 spiro atoms. The summed E-state index contributed by atoms with van der Waals surface area (Å²) in [6.07, 6.45) is -0.509. The summed E-state index contributed by atoms with van der Waals surface area (Å²) in [5.74, 6) is -1.76. The molecule has 2 aromatic carbocycles. The van der Waals surface area contributed by atoms with Crippen LogP contribution in [0.15, 0.2) is 72.0 Å². The number of rotatable bonds is 3. The molecule has 0 fully saturated rings. The highest BCUT2D eigenvalue weighted by Crippen LogP contribution is 2.31. The Labute approximate surface area is 133 Å². The van der Waals surface area contributed by atoms with Gasteiger partial charge in [0.2, 0.25) is 0 Å². The van der Waals surface area contributed by atoms with E-state index in [1.807, 2.05) is 24.3 Å². The molecule has 116 valence electrons. The zero-order valence-electron chi connectivity index (χ0n) is 12.2. The predicted molar refractivity (Wildman–Crippen MR) is 84.6 cm³/mol. The molecule has 1 unspecified atom stereocenters. The molecule has 0 aromatic heterocycles. The summed E-state index contributed by atoms with van der Waals surface area (Å²) in [5, 5.41) is 12.7. The van der Waals surface area contributed by atoms with Crippen molar-refractivity contribution in [1.82, 2.24) is 0 Å². The summed E-state index contributed by atoms with van der Waals surface area (Å²) in [5.41, 5.74) is 0.965. The summed E-state index contributed by atoms with van der Waals surface area (Å²) in [7, 11) is 0. The maximum Gasteiger partial charge on any atom is 0.347 e. The summed E-state index contributed by atoms with van der Waals surface area (Å²) in [6, 6.07) is 17.8. The molecule has 0 aliphatic carbocycles. The Bertz CT molecular complexity index is 753. The smallest absolute Gasteiger partial charge is 0.347 e. The van der Waals surface area contributed by atoms with Crippen molar-refractivity contribution in [3.8, 4) is 0 Å². The van der Waals surface area contributed by atoms with Crippen molar-refractivity contribution in [2.45, 2.75) is 12.5 Å². The highest BCUT2D eigenvalue weighted by molar-refractivity contribution is 6.21. The first-order valence-electron chi connectivity index (χ1n) is 7.19. The number of para-hydroxylation sites is 1. The second kappa shape index (κ2) is 6.36. The second-order valence-electron chi connectivity index (χ2n) is 5.15. The van der Waals surface area contributed by atoms with E-state index < -0.39 is 18.0 Å². The van der Waals surface area contributed by atoms with Gasteiger partial charge in [-0.2, -0.15) is 0 Å². The first-order chi connectivity index (χ1) is 11.1. The number of benzene rings is 2. The van der Waals surface area contributed by atoms with E-state index in [1.165, 1.54) is 0 Å². The van der Waals surface area contributed by atoms with Gasteiger partial charge in [0.15, 0.2) is 5.57 Å². The monoisotopic (exact) mass is 309 g/mol. The molecule has 1 heterocycles. The van der Waals surface area contributed by atoms with Gasteiger partial charge in [-0.1, -0.05) is 48.5 Å². The quantitative estimate of drug-likeness (QED) is 0.674. The molecular formula is C18H15NO4. The van der Waals surface area contributed by atoms with Gasteiger partial charge in [-0.3, -0.25) is 4.79 Å². The average molecular weight is 309 g/mol. The minimum atomic E-state index is -0.823. The summed E-state index contributed by atoms with van der Waals surface area (Å²) in [6.45, 7) is 0. The Hall–Kier alpha value is -3.08. The highest BCUT2D eigenvalue weighted by atomic mass is 16.5. The SMILES string of the molecule is O=C(Nc1ccccc1)C1=C(O)CC(c2ccccc2)OC1=O. The van der Waals surface area contributed by atoms with Crippen LogP contribution < -0.4 is 5.32 Å². The zero-order valence-corrected chi connectivity index (χ0v) is 12.2. The minimum Gasteiger partial charge on any atom is -0.511 e. The number of anilines is 1. The first kappa shape index (κ1) is 14.8. The summed E-state index contributed by atoms with van der Waals surface area (Å²) < 4.78 is 5.30. The lowest BCUT2D eigenvalue weighted by molar-refractivity contribution is -0.148. The van der Waals surface area contributed by atoms with Crippen LogP contribution in [0.1, 0.15) is 18.1 Å². The molecule has 2 aromatic rings. The van der Waals surface area contributed by atoms with Gasteiger partial charge in [0, 0.05) is 12.1 Å². The summed E-state index contributed by atoms with van der Waals surface area (Å²) in [4.78, 5) is 24.3. The number of esters is 1. The predicted octanol–water partition coefficient (Wildman–Crippen LogP) is 3.13. The van der Waals surface area contributed by atoms with Crippen LogP contribution in [0.25, 0.3) is 0 Å². The number of aliphatic hydroxyl groups is 1. The molecule has 0 radical (unpaired) electrons. The topological polar surface area (TPSA) is 75.6 Å². The number of carbonyl (C=O) groups excluding carboxylic acids is 2. The van der Waals surface area contributed by atoms with Crippen LogP contribution in [0.5, 0.6) is 0 Å². The van der Waals surface area contributed by atoms with E-state index in [-0.39, 0.29) is 17.8 Å². The molecule has 0 saturated carbocycles. The standard InChI is InChI=1S/C18H15NO4/c20-14-11-15(12-7-3-1-4-8-12)23-18(22)16(14)17(21)19-13-9-5-2-6-10-13/h1-10,15,20H,11H2,(H,19,21). The largest absolute Gasteiger partial charge is 0.511 e. The van der Waals surface area contributed by atoms with Crippen LogP contribution in [0.3, 0.4) is 0 Å². The third-order valence-corrected chi connectivity index (χ3v) is 3.55. The Balaban J connectivity index is 1.80. The number of ether oxygens (including phenoxy) is 1. The fraction of sp³-hybridized carbons (Fsp3) is 0.111. The van der Waals surface area contributed by atoms with Gasteiger partial charge in [-0.25, -0.2) is 4.79 Å².